The molecule has 8 aromatic rings. The summed E-state index contributed by atoms with van der Waals surface area (Å²) in [5, 5.41) is 7.12. The van der Waals surface area contributed by atoms with Crippen LogP contribution < -0.4 is 0 Å². The molecule has 1 aliphatic rings. The molecule has 0 saturated heterocycles. The summed E-state index contributed by atoms with van der Waals surface area (Å²) < 4.78 is 2.35. The maximum atomic E-state index is 5.47. The largest absolute Gasteiger partial charge is 0.277 e. The third-order valence-corrected chi connectivity index (χ3v) is 9.17. The van der Waals surface area contributed by atoms with E-state index >= 15 is 0 Å². The Labute approximate surface area is 243 Å². The Balaban J connectivity index is 1.48. The monoisotopic (exact) mass is 537 g/mol. The molecule has 0 spiro atoms. The van der Waals surface area contributed by atoms with E-state index < -0.39 is 0 Å². The van der Waals surface area contributed by atoms with Crippen molar-refractivity contribution in [1.82, 2.24) is 14.5 Å². The Morgan fingerprint density at radius 1 is 0.524 bits per heavy atom. The van der Waals surface area contributed by atoms with Crippen LogP contribution in [-0.2, 0) is 5.41 Å². The highest BCUT2D eigenvalue weighted by Gasteiger charge is 2.41. The number of hydrogen-bond donors (Lipinski definition) is 0. The van der Waals surface area contributed by atoms with Crippen LogP contribution in [0.2, 0.25) is 0 Å². The fourth-order valence-corrected chi connectivity index (χ4v) is 7.31. The van der Waals surface area contributed by atoms with Gasteiger partial charge < -0.3 is 0 Å². The van der Waals surface area contributed by atoms with Crippen LogP contribution >= 0.6 is 0 Å². The van der Waals surface area contributed by atoms with Crippen LogP contribution in [-0.4, -0.2) is 14.5 Å². The minimum atomic E-state index is -0.160. The lowest BCUT2D eigenvalue weighted by Gasteiger charge is -2.21. The number of rotatable bonds is 2. The highest BCUT2D eigenvalue weighted by Crippen LogP contribution is 2.54. The van der Waals surface area contributed by atoms with E-state index in [9.17, 15) is 0 Å². The van der Waals surface area contributed by atoms with Crippen molar-refractivity contribution < 1.29 is 0 Å². The molecule has 1 aliphatic carbocycles. The molecule has 0 fully saturated rings. The van der Waals surface area contributed by atoms with Gasteiger partial charge in [-0.3, -0.25) is 4.57 Å². The Bertz CT molecular complexity index is 2390. The predicted octanol–water partition coefficient (Wildman–Crippen LogP) is 9.85. The SMILES string of the molecule is CC1(C)c2ccccc2-c2c1c1ccc3ccccc3c1n2-c1nc(-c2cccc3ccccc23)c2ccccc2n1. The molecule has 0 aliphatic heterocycles. The zero-order valence-corrected chi connectivity index (χ0v) is 23.5. The van der Waals surface area contributed by atoms with E-state index in [0.29, 0.717) is 5.95 Å². The summed E-state index contributed by atoms with van der Waals surface area (Å²) >= 11 is 0. The average Bonchev–Trinajstić information content (AvgIpc) is 3.51. The first kappa shape index (κ1) is 23.4. The molecule has 0 N–H and O–H groups in total. The van der Waals surface area contributed by atoms with E-state index in [1.807, 2.05) is 0 Å². The summed E-state index contributed by atoms with van der Waals surface area (Å²) in [4.78, 5) is 10.8. The van der Waals surface area contributed by atoms with Gasteiger partial charge in [-0.25, -0.2) is 9.97 Å². The molecular weight excluding hydrogens is 510 g/mol. The number of hydrogen-bond acceptors (Lipinski definition) is 2. The average molecular weight is 538 g/mol. The molecule has 0 atom stereocenters. The summed E-state index contributed by atoms with van der Waals surface area (Å²) in [5.74, 6) is 0.701. The number of aromatic nitrogens is 3. The molecule has 0 unspecified atom stereocenters. The maximum Gasteiger partial charge on any atom is 0.235 e. The molecule has 3 nitrogen and oxygen atoms in total. The Kier molecular flexibility index (Phi) is 4.67. The van der Waals surface area contributed by atoms with Gasteiger partial charge in [0.15, 0.2) is 0 Å². The lowest BCUT2D eigenvalue weighted by Crippen LogP contribution is -2.14. The Morgan fingerprint density at radius 3 is 2.02 bits per heavy atom. The molecule has 42 heavy (non-hydrogen) atoms. The molecule has 0 saturated carbocycles. The Hall–Kier alpha value is -5.28. The molecule has 0 amide bonds. The number of fused-ring (bicyclic) bond motifs is 9. The predicted molar refractivity (Wildman–Crippen MR) is 174 cm³/mol. The zero-order valence-electron chi connectivity index (χ0n) is 23.5. The molecule has 0 radical (unpaired) electrons. The first-order valence-corrected chi connectivity index (χ1v) is 14.5. The maximum absolute atomic E-state index is 5.47. The van der Waals surface area contributed by atoms with Crippen LogP contribution in [0.25, 0.3) is 71.8 Å². The van der Waals surface area contributed by atoms with Gasteiger partial charge in [0.1, 0.15) is 0 Å². The van der Waals surface area contributed by atoms with Crippen LogP contribution in [0, 0.1) is 0 Å². The topological polar surface area (TPSA) is 30.7 Å². The quantitative estimate of drug-likeness (QED) is 0.220. The van der Waals surface area contributed by atoms with Crippen molar-refractivity contribution in [1.29, 1.82) is 0 Å². The molecular formula is C39H27N3. The van der Waals surface area contributed by atoms with Crippen LogP contribution in [0.5, 0.6) is 0 Å². The van der Waals surface area contributed by atoms with Crippen LogP contribution in [0.3, 0.4) is 0 Å². The van der Waals surface area contributed by atoms with Crippen molar-refractivity contribution in [3.05, 3.63) is 139 Å². The van der Waals surface area contributed by atoms with Gasteiger partial charge in [-0.05, 0) is 33.4 Å². The van der Waals surface area contributed by atoms with Gasteiger partial charge in [0.2, 0.25) is 5.95 Å². The third-order valence-electron chi connectivity index (χ3n) is 9.17. The molecule has 3 heteroatoms. The first-order chi connectivity index (χ1) is 20.6. The minimum Gasteiger partial charge on any atom is -0.277 e. The molecule has 0 bridgehead atoms. The van der Waals surface area contributed by atoms with Crippen LogP contribution in [0.15, 0.2) is 127 Å². The third kappa shape index (κ3) is 3.05. The number of benzene rings is 6. The molecule has 2 heterocycles. The van der Waals surface area contributed by atoms with Crippen molar-refractivity contribution in [2.75, 3.05) is 0 Å². The zero-order chi connectivity index (χ0) is 28.0. The minimum absolute atomic E-state index is 0.160. The van der Waals surface area contributed by atoms with Gasteiger partial charge in [-0.15, -0.1) is 0 Å². The van der Waals surface area contributed by atoms with E-state index in [1.54, 1.807) is 0 Å². The van der Waals surface area contributed by atoms with E-state index in [0.717, 1.165) is 22.2 Å². The lowest BCUT2D eigenvalue weighted by atomic mass is 9.81. The lowest BCUT2D eigenvalue weighted by molar-refractivity contribution is 0.666. The molecule has 6 aromatic carbocycles. The molecule has 9 rings (SSSR count). The van der Waals surface area contributed by atoms with Gasteiger partial charge >= 0.3 is 0 Å². The highest BCUT2D eigenvalue weighted by molar-refractivity contribution is 6.12. The summed E-state index contributed by atoms with van der Waals surface area (Å²) in [5.41, 5.74) is 9.14. The molecule has 198 valence electrons. The van der Waals surface area contributed by atoms with Crippen molar-refractivity contribution >= 4 is 43.4 Å². The first-order valence-electron chi connectivity index (χ1n) is 14.5. The van der Waals surface area contributed by atoms with Crippen LogP contribution in [0.1, 0.15) is 25.0 Å². The summed E-state index contributed by atoms with van der Waals surface area (Å²) in [7, 11) is 0. The fraction of sp³-hybridized carbons (Fsp3) is 0.0769. The molecule has 2 aromatic heterocycles. The second kappa shape index (κ2) is 8.37. The van der Waals surface area contributed by atoms with Crippen molar-refractivity contribution in [3.8, 4) is 28.5 Å². The standard InChI is InChI=1S/C39H27N3/c1-39(2)32-20-9-7-17-29(32)37-34(39)31-23-22-25-13-4-6-16-27(25)36(31)42(37)38-40-33-21-10-8-18-30(33)35(41-38)28-19-11-14-24-12-3-5-15-26(24)28/h3-23H,1-2H3. The number of para-hydroxylation sites is 1. The van der Waals surface area contributed by atoms with E-state index in [2.05, 4.69) is 146 Å². The number of nitrogens with zero attached hydrogens (tertiary/aromatic N) is 3. The van der Waals surface area contributed by atoms with E-state index in [-0.39, 0.29) is 5.41 Å². The summed E-state index contributed by atoms with van der Waals surface area (Å²) in [6, 6.07) is 45.5. The van der Waals surface area contributed by atoms with Gasteiger partial charge in [0.25, 0.3) is 0 Å². The highest BCUT2D eigenvalue weighted by atomic mass is 15.2. The fourth-order valence-electron chi connectivity index (χ4n) is 7.31. The van der Waals surface area contributed by atoms with Gasteiger partial charge in [-0.1, -0.05) is 135 Å². The van der Waals surface area contributed by atoms with Crippen LogP contribution in [0.4, 0.5) is 0 Å². The van der Waals surface area contributed by atoms with Crippen molar-refractivity contribution in [2.45, 2.75) is 19.3 Å². The second-order valence-corrected chi connectivity index (χ2v) is 11.8. The second-order valence-electron chi connectivity index (χ2n) is 11.8. The van der Waals surface area contributed by atoms with Crippen molar-refractivity contribution in [3.63, 3.8) is 0 Å². The van der Waals surface area contributed by atoms with Gasteiger partial charge in [0, 0.05) is 32.7 Å². The van der Waals surface area contributed by atoms with Gasteiger partial charge in [-0.2, -0.15) is 0 Å². The normalized spacial score (nSPS) is 13.7. The van der Waals surface area contributed by atoms with E-state index in [4.69, 9.17) is 9.97 Å². The summed E-state index contributed by atoms with van der Waals surface area (Å²) in [6.07, 6.45) is 0. The van der Waals surface area contributed by atoms with E-state index in [1.165, 1.54) is 54.8 Å². The van der Waals surface area contributed by atoms with Gasteiger partial charge in [0.05, 0.1) is 22.4 Å². The van der Waals surface area contributed by atoms with Crippen molar-refractivity contribution in [2.24, 2.45) is 0 Å². The summed E-state index contributed by atoms with van der Waals surface area (Å²) in [6.45, 7) is 4.69. The Morgan fingerprint density at radius 2 is 1.17 bits per heavy atom. The smallest absolute Gasteiger partial charge is 0.235 e.